The maximum absolute atomic E-state index is 12.5. The monoisotopic (exact) mass is 280 g/mol. The molecule has 21 heavy (non-hydrogen) atoms. The van der Waals surface area contributed by atoms with Crippen LogP contribution in [0.3, 0.4) is 0 Å². The number of carbonyl (C=O) groups excluding carboxylic acids is 1. The third-order valence-corrected chi connectivity index (χ3v) is 3.55. The van der Waals surface area contributed by atoms with Crippen LogP contribution in [0.1, 0.15) is 18.1 Å². The zero-order valence-electron chi connectivity index (χ0n) is 12.0. The lowest BCUT2D eigenvalue weighted by Crippen LogP contribution is -2.29. The van der Waals surface area contributed by atoms with Crippen LogP contribution in [0.5, 0.6) is 5.75 Å². The Morgan fingerprint density at radius 2 is 1.86 bits per heavy atom. The molecule has 1 aliphatic rings. The Balaban J connectivity index is 2.13. The Labute approximate surface area is 123 Å². The summed E-state index contributed by atoms with van der Waals surface area (Å²) in [5, 5.41) is 9.32. The number of phenols is 1. The van der Waals surface area contributed by atoms with Gasteiger partial charge in [-0.3, -0.25) is 4.79 Å². The van der Waals surface area contributed by atoms with Gasteiger partial charge in [0.05, 0.1) is 11.4 Å². The minimum atomic E-state index is -0.0776. The number of hydrogen-bond donors (Lipinski definition) is 1. The van der Waals surface area contributed by atoms with E-state index in [1.807, 2.05) is 32.0 Å². The first kappa shape index (κ1) is 13.4. The molecule has 0 saturated heterocycles. The van der Waals surface area contributed by atoms with Crippen molar-refractivity contribution < 1.29 is 9.90 Å². The van der Waals surface area contributed by atoms with Crippen LogP contribution in [0.15, 0.2) is 47.5 Å². The van der Waals surface area contributed by atoms with Gasteiger partial charge in [-0.1, -0.05) is 11.6 Å². The van der Waals surface area contributed by atoms with Gasteiger partial charge in [-0.25, -0.2) is 4.99 Å². The maximum atomic E-state index is 12.5. The minimum Gasteiger partial charge on any atom is -0.508 e. The number of carbonyl (C=O) groups is 1. The second-order valence-electron chi connectivity index (χ2n) is 5.05. The van der Waals surface area contributed by atoms with Crippen molar-refractivity contribution in [1.82, 2.24) is 0 Å². The van der Waals surface area contributed by atoms with Gasteiger partial charge >= 0.3 is 0 Å². The number of fused-ring (bicyclic) bond motifs is 1. The zero-order chi connectivity index (χ0) is 15.0. The Morgan fingerprint density at radius 1 is 1.14 bits per heavy atom. The average molecular weight is 280 g/mol. The number of aromatic hydroxyl groups is 1. The van der Waals surface area contributed by atoms with Crippen molar-refractivity contribution in [3.8, 4) is 5.75 Å². The molecule has 0 bridgehead atoms. The van der Waals surface area contributed by atoms with E-state index in [4.69, 9.17) is 0 Å². The fraction of sp³-hybridized carbons (Fsp3) is 0.176. The fourth-order valence-electron chi connectivity index (χ4n) is 2.51. The lowest BCUT2D eigenvalue weighted by molar-refractivity contribution is -0.112. The number of rotatable bonds is 2. The van der Waals surface area contributed by atoms with E-state index in [-0.39, 0.29) is 11.7 Å². The molecule has 2 aromatic carbocycles. The van der Waals surface area contributed by atoms with Gasteiger partial charge in [-0.2, -0.15) is 0 Å². The highest BCUT2D eigenvalue weighted by atomic mass is 16.3. The van der Waals surface area contributed by atoms with Crippen LogP contribution in [0.2, 0.25) is 0 Å². The predicted molar refractivity (Wildman–Crippen MR) is 83.5 cm³/mol. The molecule has 1 N–H and O–H groups in total. The number of likely N-dealkylation sites (N-methyl/N-ethyl adjacent to an activating group) is 1. The second-order valence-corrected chi connectivity index (χ2v) is 5.05. The van der Waals surface area contributed by atoms with Gasteiger partial charge in [0.25, 0.3) is 5.91 Å². The standard InChI is InChI=1S/C17H16N2O2/c1-3-19-15-9-4-11(2)10-14(15)16(17(19)21)18-12-5-7-13(20)8-6-12/h4-10,20H,3H2,1-2H3. The molecule has 0 saturated carbocycles. The Hall–Kier alpha value is -2.62. The summed E-state index contributed by atoms with van der Waals surface area (Å²) in [6.45, 7) is 4.56. The number of hydrogen-bond acceptors (Lipinski definition) is 3. The first-order valence-electron chi connectivity index (χ1n) is 6.90. The molecule has 0 aliphatic carbocycles. The van der Waals surface area contributed by atoms with E-state index in [1.54, 1.807) is 29.2 Å². The lowest BCUT2D eigenvalue weighted by atomic mass is 10.1. The van der Waals surface area contributed by atoms with Gasteiger partial charge in [0.2, 0.25) is 0 Å². The third-order valence-electron chi connectivity index (χ3n) is 3.55. The number of nitrogens with zero attached hydrogens (tertiary/aromatic N) is 2. The number of phenolic OH excluding ortho intramolecular Hbond substituents is 1. The smallest absolute Gasteiger partial charge is 0.277 e. The van der Waals surface area contributed by atoms with E-state index in [0.29, 0.717) is 17.9 Å². The van der Waals surface area contributed by atoms with Gasteiger partial charge in [0.15, 0.2) is 0 Å². The molecule has 0 radical (unpaired) electrons. The van der Waals surface area contributed by atoms with Crippen molar-refractivity contribution in [3.05, 3.63) is 53.6 Å². The molecule has 4 heteroatoms. The molecule has 4 nitrogen and oxygen atoms in total. The summed E-state index contributed by atoms with van der Waals surface area (Å²) in [4.78, 5) is 18.7. The van der Waals surface area contributed by atoms with Gasteiger partial charge in [0, 0.05) is 12.1 Å². The van der Waals surface area contributed by atoms with Gasteiger partial charge in [0.1, 0.15) is 11.5 Å². The Bertz CT molecular complexity index is 733. The second kappa shape index (κ2) is 5.05. The largest absolute Gasteiger partial charge is 0.508 e. The summed E-state index contributed by atoms with van der Waals surface area (Å²) in [5.41, 5.74) is 3.99. The number of aliphatic imine (C=N–C) groups is 1. The summed E-state index contributed by atoms with van der Waals surface area (Å²) in [5.74, 6) is 0.106. The van der Waals surface area contributed by atoms with Crippen molar-refractivity contribution in [2.45, 2.75) is 13.8 Å². The molecular formula is C17H16N2O2. The van der Waals surface area contributed by atoms with Crippen molar-refractivity contribution >= 4 is 23.0 Å². The Morgan fingerprint density at radius 3 is 2.52 bits per heavy atom. The van der Waals surface area contributed by atoms with Gasteiger partial charge in [-0.15, -0.1) is 0 Å². The highest BCUT2D eigenvalue weighted by Gasteiger charge is 2.32. The molecular weight excluding hydrogens is 264 g/mol. The highest BCUT2D eigenvalue weighted by molar-refractivity contribution is 6.54. The Kier molecular flexibility index (Phi) is 3.22. The predicted octanol–water partition coefficient (Wildman–Crippen LogP) is 3.19. The molecule has 0 unspecified atom stereocenters. The van der Waals surface area contributed by atoms with Gasteiger partial charge in [-0.05, 0) is 50.2 Å². The van der Waals surface area contributed by atoms with E-state index in [9.17, 15) is 9.90 Å². The van der Waals surface area contributed by atoms with Crippen LogP contribution in [0.4, 0.5) is 11.4 Å². The summed E-state index contributed by atoms with van der Waals surface area (Å²) >= 11 is 0. The summed E-state index contributed by atoms with van der Waals surface area (Å²) in [7, 11) is 0. The van der Waals surface area contributed by atoms with E-state index in [2.05, 4.69) is 4.99 Å². The average Bonchev–Trinajstić information content (AvgIpc) is 2.73. The zero-order valence-corrected chi connectivity index (χ0v) is 12.0. The van der Waals surface area contributed by atoms with Crippen molar-refractivity contribution in [3.63, 3.8) is 0 Å². The molecule has 0 aromatic heterocycles. The number of amides is 1. The summed E-state index contributed by atoms with van der Waals surface area (Å²) in [6.07, 6.45) is 0. The first-order valence-corrected chi connectivity index (χ1v) is 6.90. The molecule has 1 heterocycles. The molecule has 1 amide bonds. The fourth-order valence-corrected chi connectivity index (χ4v) is 2.51. The summed E-state index contributed by atoms with van der Waals surface area (Å²) in [6, 6.07) is 12.5. The van der Waals surface area contributed by atoms with E-state index < -0.39 is 0 Å². The van der Waals surface area contributed by atoms with Crippen LogP contribution in [-0.2, 0) is 4.79 Å². The van der Waals surface area contributed by atoms with Gasteiger partial charge < -0.3 is 10.0 Å². The van der Waals surface area contributed by atoms with Crippen LogP contribution in [-0.4, -0.2) is 23.3 Å². The maximum Gasteiger partial charge on any atom is 0.277 e. The van der Waals surface area contributed by atoms with E-state index >= 15 is 0 Å². The molecule has 0 spiro atoms. The van der Waals surface area contributed by atoms with Crippen LogP contribution in [0.25, 0.3) is 0 Å². The SMILES string of the molecule is CCN1C(=O)C(=Nc2ccc(O)cc2)c2cc(C)ccc21. The topological polar surface area (TPSA) is 52.9 Å². The minimum absolute atomic E-state index is 0.0776. The molecule has 0 atom stereocenters. The highest BCUT2D eigenvalue weighted by Crippen LogP contribution is 2.31. The molecule has 3 rings (SSSR count). The van der Waals surface area contributed by atoms with Crippen LogP contribution < -0.4 is 4.90 Å². The molecule has 106 valence electrons. The van der Waals surface area contributed by atoms with Crippen molar-refractivity contribution in [2.24, 2.45) is 4.99 Å². The molecule has 0 fully saturated rings. The van der Waals surface area contributed by atoms with E-state index in [0.717, 1.165) is 16.8 Å². The quantitative estimate of drug-likeness (QED) is 0.918. The normalized spacial score (nSPS) is 15.6. The lowest BCUT2D eigenvalue weighted by Gasteiger charge is -2.13. The summed E-state index contributed by atoms with van der Waals surface area (Å²) < 4.78 is 0. The number of benzene rings is 2. The third kappa shape index (κ3) is 2.29. The number of aryl methyl sites for hydroxylation is 1. The molecule has 1 aliphatic heterocycles. The molecule has 2 aromatic rings. The number of anilines is 1. The van der Waals surface area contributed by atoms with Crippen LogP contribution >= 0.6 is 0 Å². The first-order chi connectivity index (χ1) is 10.1. The van der Waals surface area contributed by atoms with Crippen molar-refractivity contribution in [1.29, 1.82) is 0 Å². The van der Waals surface area contributed by atoms with E-state index in [1.165, 1.54) is 0 Å². The van der Waals surface area contributed by atoms with Crippen LogP contribution in [0, 0.1) is 6.92 Å². The van der Waals surface area contributed by atoms with Crippen molar-refractivity contribution in [2.75, 3.05) is 11.4 Å².